The van der Waals surface area contributed by atoms with Crippen molar-refractivity contribution in [2.75, 3.05) is 0 Å². The number of benzene rings is 2. The molecule has 0 fully saturated rings. The van der Waals surface area contributed by atoms with Crippen LogP contribution in [-0.4, -0.2) is 29.0 Å². The molecule has 8 heteroatoms. The van der Waals surface area contributed by atoms with Crippen LogP contribution in [-0.2, 0) is 16.1 Å². The molecule has 0 aromatic heterocycles. The van der Waals surface area contributed by atoms with Crippen molar-refractivity contribution in [1.29, 1.82) is 0 Å². The quantitative estimate of drug-likeness (QED) is 0.692. The molecule has 1 amide bonds. The summed E-state index contributed by atoms with van der Waals surface area (Å²) >= 11 is 11.7. The van der Waals surface area contributed by atoms with Gasteiger partial charge in [-0.1, -0.05) is 53.5 Å². The number of hydrogen-bond acceptors (Lipinski definition) is 4. The van der Waals surface area contributed by atoms with Crippen LogP contribution < -0.4 is 5.32 Å². The molecule has 0 bridgehead atoms. The fourth-order valence-corrected chi connectivity index (χ4v) is 2.63. The fraction of sp³-hybridized carbons (Fsp3) is 0.167. The Morgan fingerprint density at radius 2 is 1.77 bits per heavy atom. The Balaban J connectivity index is 1.96. The maximum atomic E-state index is 12.3. The van der Waals surface area contributed by atoms with Gasteiger partial charge in [-0.15, -0.1) is 0 Å². The average molecular weight is 396 g/mol. The second-order valence-electron chi connectivity index (χ2n) is 5.35. The van der Waals surface area contributed by atoms with Crippen molar-refractivity contribution in [1.82, 2.24) is 5.32 Å². The number of carbonyl (C=O) groups excluding carboxylic acids is 2. The Kier molecular flexibility index (Phi) is 7.00. The molecule has 2 aromatic rings. The van der Waals surface area contributed by atoms with Gasteiger partial charge in [0.15, 0.2) is 5.78 Å². The Morgan fingerprint density at radius 1 is 1.08 bits per heavy atom. The lowest BCUT2D eigenvalue weighted by molar-refractivity contribution is -0.139. The van der Waals surface area contributed by atoms with Crippen molar-refractivity contribution >= 4 is 41.0 Å². The van der Waals surface area contributed by atoms with E-state index in [2.05, 4.69) is 5.32 Å². The summed E-state index contributed by atoms with van der Waals surface area (Å²) < 4.78 is 4.97. The number of alkyl carbamates (subject to hydrolysis) is 1. The number of nitrogens with one attached hydrogen (secondary N) is 1. The minimum Gasteiger partial charge on any atom is -0.480 e. The van der Waals surface area contributed by atoms with Gasteiger partial charge in [-0.2, -0.15) is 0 Å². The first-order chi connectivity index (χ1) is 12.4. The average Bonchev–Trinajstić information content (AvgIpc) is 2.60. The number of hydrogen-bond donors (Lipinski definition) is 2. The highest BCUT2D eigenvalue weighted by atomic mass is 35.5. The van der Waals surface area contributed by atoms with Gasteiger partial charge < -0.3 is 15.2 Å². The predicted octanol–water partition coefficient (Wildman–Crippen LogP) is 3.95. The number of ketones is 1. The summed E-state index contributed by atoms with van der Waals surface area (Å²) in [6.07, 6.45) is -1.41. The monoisotopic (exact) mass is 395 g/mol. The predicted molar refractivity (Wildman–Crippen MR) is 96.6 cm³/mol. The van der Waals surface area contributed by atoms with Crippen LogP contribution in [0.5, 0.6) is 0 Å². The summed E-state index contributed by atoms with van der Waals surface area (Å²) in [5.41, 5.74) is 0.875. The van der Waals surface area contributed by atoms with Gasteiger partial charge in [0.05, 0.1) is 5.02 Å². The van der Waals surface area contributed by atoms with Crippen molar-refractivity contribution in [3.05, 3.63) is 69.7 Å². The summed E-state index contributed by atoms with van der Waals surface area (Å²) in [5, 5.41) is 11.9. The summed E-state index contributed by atoms with van der Waals surface area (Å²) in [6.45, 7) is -0.0179. The molecule has 0 heterocycles. The third kappa shape index (κ3) is 5.75. The van der Waals surface area contributed by atoms with Crippen molar-refractivity contribution in [3.8, 4) is 0 Å². The third-order valence-electron chi connectivity index (χ3n) is 3.42. The number of amides is 1. The van der Waals surface area contributed by atoms with E-state index in [1.165, 1.54) is 18.2 Å². The van der Waals surface area contributed by atoms with Crippen LogP contribution in [0.1, 0.15) is 22.3 Å². The first kappa shape index (κ1) is 19.8. The van der Waals surface area contributed by atoms with Crippen molar-refractivity contribution in [3.63, 3.8) is 0 Å². The van der Waals surface area contributed by atoms with E-state index >= 15 is 0 Å². The second kappa shape index (κ2) is 9.22. The summed E-state index contributed by atoms with van der Waals surface area (Å²) in [6, 6.07) is 11.7. The number of aliphatic carboxylic acids is 1. The van der Waals surface area contributed by atoms with Gasteiger partial charge in [-0.05, 0) is 23.8 Å². The molecular formula is C18H15Cl2NO5. The first-order valence-electron chi connectivity index (χ1n) is 7.55. The summed E-state index contributed by atoms with van der Waals surface area (Å²) in [7, 11) is 0. The van der Waals surface area contributed by atoms with E-state index in [0.717, 1.165) is 5.56 Å². The van der Waals surface area contributed by atoms with Gasteiger partial charge in [-0.25, -0.2) is 9.59 Å². The molecular weight excluding hydrogens is 381 g/mol. The normalized spacial score (nSPS) is 11.5. The number of halogens is 2. The van der Waals surface area contributed by atoms with Gasteiger partial charge in [-0.3, -0.25) is 4.79 Å². The Labute approximate surface area is 159 Å². The number of Topliss-reactive ketones (excluding diaryl/α,β-unsaturated/α-hetero) is 1. The standard InChI is InChI=1S/C18H15Cl2NO5/c19-12-6-7-13(14(20)8-12)16(22)9-15(17(23)24)21-18(25)26-10-11-4-2-1-3-5-11/h1-8,15H,9-10H2,(H,21,25)(H,23,24). The third-order valence-corrected chi connectivity index (χ3v) is 3.97. The van der Waals surface area contributed by atoms with Crippen LogP contribution in [0.4, 0.5) is 4.79 Å². The van der Waals surface area contributed by atoms with Gasteiger partial charge in [0.25, 0.3) is 0 Å². The lowest BCUT2D eigenvalue weighted by Gasteiger charge is -2.14. The van der Waals surface area contributed by atoms with E-state index in [9.17, 15) is 19.5 Å². The first-order valence-corrected chi connectivity index (χ1v) is 8.30. The van der Waals surface area contributed by atoms with E-state index in [4.69, 9.17) is 27.9 Å². The van der Waals surface area contributed by atoms with E-state index < -0.39 is 30.3 Å². The molecule has 136 valence electrons. The maximum Gasteiger partial charge on any atom is 0.408 e. The maximum absolute atomic E-state index is 12.3. The number of carboxylic acid groups (broad SMARTS) is 1. The highest BCUT2D eigenvalue weighted by Gasteiger charge is 2.25. The Hall–Kier alpha value is -2.57. The topological polar surface area (TPSA) is 92.7 Å². The van der Waals surface area contributed by atoms with Crippen molar-refractivity contribution < 1.29 is 24.2 Å². The highest BCUT2D eigenvalue weighted by molar-refractivity contribution is 6.36. The molecule has 1 unspecified atom stereocenters. The number of carboxylic acids is 1. The summed E-state index contributed by atoms with van der Waals surface area (Å²) in [4.78, 5) is 35.4. The van der Waals surface area contributed by atoms with E-state index in [1.807, 2.05) is 6.07 Å². The van der Waals surface area contributed by atoms with Crippen molar-refractivity contribution in [2.45, 2.75) is 19.1 Å². The molecule has 0 aliphatic carbocycles. The largest absolute Gasteiger partial charge is 0.480 e. The van der Waals surface area contributed by atoms with Crippen LogP contribution in [0.25, 0.3) is 0 Å². The number of ether oxygens (including phenoxy) is 1. The lowest BCUT2D eigenvalue weighted by Crippen LogP contribution is -2.42. The van der Waals surface area contributed by atoms with Gasteiger partial charge in [0.2, 0.25) is 0 Å². The zero-order chi connectivity index (χ0) is 19.1. The van der Waals surface area contributed by atoms with Crippen molar-refractivity contribution in [2.24, 2.45) is 0 Å². The lowest BCUT2D eigenvalue weighted by atomic mass is 10.0. The van der Waals surface area contributed by atoms with E-state index in [1.54, 1.807) is 24.3 Å². The zero-order valence-electron chi connectivity index (χ0n) is 13.4. The molecule has 0 radical (unpaired) electrons. The Bertz CT molecular complexity index is 810. The van der Waals surface area contributed by atoms with Gasteiger partial charge >= 0.3 is 12.1 Å². The minimum absolute atomic E-state index is 0.0179. The molecule has 0 aliphatic rings. The number of carbonyl (C=O) groups is 3. The Morgan fingerprint density at radius 3 is 2.38 bits per heavy atom. The highest BCUT2D eigenvalue weighted by Crippen LogP contribution is 2.22. The van der Waals surface area contributed by atoms with E-state index in [-0.39, 0.29) is 17.2 Å². The van der Waals surface area contributed by atoms with Crippen LogP contribution >= 0.6 is 23.2 Å². The summed E-state index contributed by atoms with van der Waals surface area (Å²) in [5.74, 6) is -1.90. The molecule has 0 aliphatic heterocycles. The fourth-order valence-electron chi connectivity index (χ4n) is 2.12. The second-order valence-corrected chi connectivity index (χ2v) is 6.19. The van der Waals surface area contributed by atoms with Crippen LogP contribution in [0, 0.1) is 0 Å². The SMILES string of the molecule is O=C(NC(CC(=O)c1ccc(Cl)cc1Cl)C(=O)O)OCc1ccccc1. The van der Waals surface area contributed by atoms with E-state index in [0.29, 0.717) is 5.02 Å². The number of rotatable bonds is 7. The molecule has 6 nitrogen and oxygen atoms in total. The molecule has 0 saturated heterocycles. The molecule has 0 saturated carbocycles. The van der Waals surface area contributed by atoms with Gasteiger partial charge in [0.1, 0.15) is 12.6 Å². The van der Waals surface area contributed by atoms with Crippen LogP contribution in [0.2, 0.25) is 10.0 Å². The molecule has 2 rings (SSSR count). The smallest absolute Gasteiger partial charge is 0.408 e. The molecule has 0 spiro atoms. The molecule has 2 aromatic carbocycles. The molecule has 1 atom stereocenters. The molecule has 2 N–H and O–H groups in total. The van der Waals surface area contributed by atoms with Crippen LogP contribution in [0.3, 0.4) is 0 Å². The minimum atomic E-state index is -1.45. The zero-order valence-corrected chi connectivity index (χ0v) is 15.0. The molecule has 26 heavy (non-hydrogen) atoms. The van der Waals surface area contributed by atoms with Gasteiger partial charge in [0, 0.05) is 17.0 Å². The van der Waals surface area contributed by atoms with Crippen LogP contribution in [0.15, 0.2) is 48.5 Å².